The predicted molar refractivity (Wildman–Crippen MR) is 84.3 cm³/mol. The van der Waals surface area contributed by atoms with Crippen molar-refractivity contribution in [1.29, 1.82) is 0 Å². The summed E-state index contributed by atoms with van der Waals surface area (Å²) in [4.78, 5) is 17.8. The fraction of sp³-hybridized carbons (Fsp3) is 0.375. The van der Waals surface area contributed by atoms with Crippen LogP contribution in [0.3, 0.4) is 0 Å². The first-order valence-corrected chi connectivity index (χ1v) is 7.99. The van der Waals surface area contributed by atoms with Crippen LogP contribution in [-0.2, 0) is 16.0 Å². The van der Waals surface area contributed by atoms with Crippen LogP contribution in [0.1, 0.15) is 35.4 Å². The van der Waals surface area contributed by atoms with E-state index >= 15 is 0 Å². The molecule has 1 aliphatic carbocycles. The highest BCUT2D eigenvalue weighted by Crippen LogP contribution is 2.39. The number of carbonyl (C=O) groups excluding carboxylic acids is 1. The molecule has 110 valence electrons. The zero-order valence-corrected chi connectivity index (χ0v) is 13.0. The van der Waals surface area contributed by atoms with Crippen LogP contribution in [-0.4, -0.2) is 17.6 Å². The molecule has 0 saturated heterocycles. The van der Waals surface area contributed by atoms with Gasteiger partial charge >= 0.3 is 5.97 Å². The van der Waals surface area contributed by atoms with Gasteiger partial charge in [0.05, 0.1) is 12.3 Å². The molecule has 1 aliphatic rings. The first kappa shape index (κ1) is 14.1. The smallest absolute Gasteiger partial charge is 0.315 e. The molecular weight excluding hydrogens is 284 g/mol. The minimum absolute atomic E-state index is 0.149. The number of aryl methyl sites for hydroxylation is 2. The molecule has 1 heterocycles. The lowest BCUT2D eigenvalue weighted by atomic mass is 10.1. The van der Waals surface area contributed by atoms with Gasteiger partial charge in [0.1, 0.15) is 5.92 Å². The monoisotopic (exact) mass is 302 g/mol. The van der Waals surface area contributed by atoms with Crippen LogP contribution < -0.4 is 5.32 Å². The van der Waals surface area contributed by atoms with E-state index in [0.29, 0.717) is 6.61 Å². The molecule has 4 nitrogen and oxygen atoms in total. The number of hydrogen-bond acceptors (Lipinski definition) is 5. The van der Waals surface area contributed by atoms with Gasteiger partial charge in [0.2, 0.25) is 0 Å². The van der Waals surface area contributed by atoms with E-state index in [-0.39, 0.29) is 11.9 Å². The van der Waals surface area contributed by atoms with Crippen molar-refractivity contribution in [1.82, 2.24) is 4.98 Å². The molecule has 0 bridgehead atoms. The Morgan fingerprint density at radius 1 is 1.48 bits per heavy atom. The quantitative estimate of drug-likeness (QED) is 0.873. The molecule has 3 rings (SSSR count). The summed E-state index contributed by atoms with van der Waals surface area (Å²) in [5.41, 5.74) is 3.13. The van der Waals surface area contributed by atoms with Gasteiger partial charge in [-0.25, -0.2) is 4.98 Å². The maximum Gasteiger partial charge on any atom is 0.315 e. The van der Waals surface area contributed by atoms with Crippen LogP contribution in [0.5, 0.6) is 0 Å². The second kappa shape index (κ2) is 5.85. The summed E-state index contributed by atoms with van der Waals surface area (Å²) in [6, 6.07) is 8.10. The maximum absolute atomic E-state index is 12.0. The summed E-state index contributed by atoms with van der Waals surface area (Å²) < 4.78 is 5.13. The van der Waals surface area contributed by atoms with Gasteiger partial charge in [-0.05, 0) is 38.3 Å². The number of ether oxygens (including phenoxy) is 1. The van der Waals surface area contributed by atoms with Crippen molar-refractivity contribution in [2.24, 2.45) is 0 Å². The summed E-state index contributed by atoms with van der Waals surface area (Å²) in [5.74, 6) is -0.340. The average Bonchev–Trinajstić information content (AvgIpc) is 3.01. The lowest BCUT2D eigenvalue weighted by Crippen LogP contribution is -2.14. The molecule has 1 unspecified atom stereocenters. The largest absolute Gasteiger partial charge is 0.465 e. The van der Waals surface area contributed by atoms with E-state index in [9.17, 15) is 4.79 Å². The van der Waals surface area contributed by atoms with E-state index in [1.165, 1.54) is 10.4 Å². The van der Waals surface area contributed by atoms with Crippen molar-refractivity contribution in [2.45, 2.75) is 32.6 Å². The minimum Gasteiger partial charge on any atom is -0.465 e. The molecule has 2 aromatic rings. The van der Waals surface area contributed by atoms with Gasteiger partial charge in [-0.15, -0.1) is 11.3 Å². The molecule has 0 amide bonds. The molecule has 0 saturated carbocycles. The molecule has 0 aliphatic heterocycles. The number of fused-ring (bicyclic) bond motifs is 1. The van der Waals surface area contributed by atoms with Crippen molar-refractivity contribution < 1.29 is 9.53 Å². The topological polar surface area (TPSA) is 51.2 Å². The van der Waals surface area contributed by atoms with E-state index in [2.05, 4.69) is 23.3 Å². The van der Waals surface area contributed by atoms with Crippen LogP contribution >= 0.6 is 11.3 Å². The number of esters is 1. The molecule has 21 heavy (non-hydrogen) atoms. The van der Waals surface area contributed by atoms with Crippen LogP contribution in [0.15, 0.2) is 24.3 Å². The molecule has 1 atom stereocenters. The number of hydrogen-bond donors (Lipinski definition) is 1. The summed E-state index contributed by atoms with van der Waals surface area (Å²) in [6.07, 6.45) is 1.73. The molecule has 1 aromatic carbocycles. The van der Waals surface area contributed by atoms with Crippen molar-refractivity contribution in [3.63, 3.8) is 0 Å². The number of thiazole rings is 1. The Morgan fingerprint density at radius 3 is 3.05 bits per heavy atom. The van der Waals surface area contributed by atoms with Gasteiger partial charge in [0, 0.05) is 10.6 Å². The molecule has 0 spiro atoms. The van der Waals surface area contributed by atoms with E-state index in [4.69, 9.17) is 4.74 Å². The number of aromatic nitrogens is 1. The molecule has 0 radical (unpaired) electrons. The average molecular weight is 302 g/mol. The number of anilines is 2. The highest BCUT2D eigenvalue weighted by molar-refractivity contribution is 7.15. The van der Waals surface area contributed by atoms with Gasteiger partial charge in [-0.3, -0.25) is 4.79 Å². The number of nitrogens with one attached hydrogen (secondary N) is 1. The molecule has 1 aromatic heterocycles. The third-order valence-electron chi connectivity index (χ3n) is 3.68. The third kappa shape index (κ3) is 2.78. The summed E-state index contributed by atoms with van der Waals surface area (Å²) >= 11 is 1.63. The van der Waals surface area contributed by atoms with E-state index < -0.39 is 0 Å². The van der Waals surface area contributed by atoms with Crippen LogP contribution in [0, 0.1) is 6.92 Å². The van der Waals surface area contributed by atoms with E-state index in [1.807, 2.05) is 25.1 Å². The van der Waals surface area contributed by atoms with E-state index in [0.717, 1.165) is 29.4 Å². The highest BCUT2D eigenvalue weighted by atomic mass is 32.1. The lowest BCUT2D eigenvalue weighted by Gasteiger charge is -2.08. The summed E-state index contributed by atoms with van der Waals surface area (Å²) in [7, 11) is 0. The minimum atomic E-state index is -0.191. The van der Waals surface area contributed by atoms with Crippen molar-refractivity contribution in [3.8, 4) is 0 Å². The Balaban J connectivity index is 1.81. The standard InChI is InChI=1S/C16H18N2O2S/c1-3-20-15(19)11-8-9-13-14(11)18-16(21-13)17-12-7-5-4-6-10(12)2/h4-7,11H,3,8-9H2,1-2H3,(H,17,18). The van der Waals surface area contributed by atoms with Crippen molar-refractivity contribution in [2.75, 3.05) is 11.9 Å². The van der Waals surface area contributed by atoms with E-state index in [1.54, 1.807) is 11.3 Å². The van der Waals surface area contributed by atoms with Gasteiger partial charge in [-0.2, -0.15) is 0 Å². The maximum atomic E-state index is 12.0. The van der Waals surface area contributed by atoms with Crippen molar-refractivity contribution >= 4 is 28.1 Å². The van der Waals surface area contributed by atoms with Crippen LogP contribution in [0.4, 0.5) is 10.8 Å². The second-order valence-corrected chi connectivity index (χ2v) is 6.19. The van der Waals surface area contributed by atoms with Gasteiger partial charge < -0.3 is 10.1 Å². The zero-order valence-electron chi connectivity index (χ0n) is 12.2. The first-order valence-electron chi connectivity index (χ1n) is 7.18. The highest BCUT2D eigenvalue weighted by Gasteiger charge is 2.33. The number of carbonyl (C=O) groups is 1. The lowest BCUT2D eigenvalue weighted by molar-refractivity contribution is -0.145. The number of rotatable bonds is 4. The Bertz CT molecular complexity index is 666. The zero-order chi connectivity index (χ0) is 14.8. The Morgan fingerprint density at radius 2 is 2.29 bits per heavy atom. The number of benzene rings is 1. The fourth-order valence-corrected chi connectivity index (χ4v) is 3.63. The first-order chi connectivity index (χ1) is 10.2. The van der Waals surface area contributed by atoms with Crippen LogP contribution in [0.25, 0.3) is 0 Å². The number of para-hydroxylation sites is 1. The van der Waals surface area contributed by atoms with Crippen molar-refractivity contribution in [3.05, 3.63) is 40.4 Å². The Labute approximate surface area is 128 Å². The Kier molecular flexibility index (Phi) is 3.92. The molecule has 5 heteroatoms. The van der Waals surface area contributed by atoms with Gasteiger partial charge in [-0.1, -0.05) is 18.2 Å². The second-order valence-electron chi connectivity index (χ2n) is 5.11. The molecule has 0 fully saturated rings. The SMILES string of the molecule is CCOC(=O)C1CCc2sc(Nc3ccccc3C)nc21. The number of nitrogens with zero attached hydrogens (tertiary/aromatic N) is 1. The normalized spacial score (nSPS) is 16.6. The van der Waals surface area contributed by atoms with Gasteiger partial charge in [0.15, 0.2) is 5.13 Å². The van der Waals surface area contributed by atoms with Gasteiger partial charge in [0.25, 0.3) is 0 Å². The fourth-order valence-electron chi connectivity index (χ4n) is 2.58. The predicted octanol–water partition coefficient (Wildman–Crippen LogP) is 3.79. The Hall–Kier alpha value is -1.88. The molecular formula is C16H18N2O2S. The molecule has 1 N–H and O–H groups in total. The summed E-state index contributed by atoms with van der Waals surface area (Å²) in [6.45, 7) is 4.31. The summed E-state index contributed by atoms with van der Waals surface area (Å²) in [5, 5.41) is 4.20. The third-order valence-corrected chi connectivity index (χ3v) is 4.72. The van der Waals surface area contributed by atoms with Crippen LogP contribution in [0.2, 0.25) is 0 Å².